The fourth-order valence-corrected chi connectivity index (χ4v) is 12.2. The number of unbranched alkanes of at least 4 members (excludes halogenated alkanes) is 39. The van der Waals surface area contributed by atoms with E-state index in [0.717, 1.165) is 102 Å². The molecular formula is C70H136O17P2. The Balaban J connectivity index is 5.24. The summed E-state index contributed by atoms with van der Waals surface area (Å²) in [5.41, 5.74) is 0. The first-order valence-corrected chi connectivity index (χ1v) is 39.5. The first kappa shape index (κ1) is 87.1. The number of hydrogen-bond donors (Lipinski definition) is 3. The Morgan fingerprint density at radius 2 is 0.517 bits per heavy atom. The van der Waals surface area contributed by atoms with E-state index in [9.17, 15) is 43.2 Å². The van der Waals surface area contributed by atoms with Crippen LogP contribution in [0.1, 0.15) is 356 Å². The van der Waals surface area contributed by atoms with Crippen molar-refractivity contribution in [2.45, 2.75) is 374 Å². The van der Waals surface area contributed by atoms with Crippen molar-refractivity contribution in [2.24, 2.45) is 11.8 Å². The lowest BCUT2D eigenvalue weighted by atomic mass is 10.0. The monoisotopic (exact) mass is 1310 g/mol. The van der Waals surface area contributed by atoms with Crippen LogP contribution in [0.2, 0.25) is 0 Å². The Labute approximate surface area is 543 Å². The van der Waals surface area contributed by atoms with Crippen LogP contribution in [0.4, 0.5) is 0 Å². The van der Waals surface area contributed by atoms with Crippen LogP contribution in [0, 0.1) is 11.8 Å². The summed E-state index contributed by atoms with van der Waals surface area (Å²) in [6.45, 7) is 9.51. The molecule has 2 unspecified atom stereocenters. The van der Waals surface area contributed by atoms with Gasteiger partial charge in [-0.25, -0.2) is 9.13 Å². The molecule has 0 aliphatic carbocycles. The molecule has 5 atom stereocenters. The SMILES string of the molecule is CCCCCCCCCCCCCCCCC(=O)OC[C@H](COP(=O)(O)OC[C@@H](O)COP(=O)(O)OC[C@@H](COC(=O)CCCCCCCCCCC)OC(=O)CCCCCCCCCCCC(C)C)OC(=O)CCCCCCCCCCCCCC(C)C. The lowest BCUT2D eigenvalue weighted by Gasteiger charge is -2.21. The van der Waals surface area contributed by atoms with Crippen LogP contribution in [0.5, 0.6) is 0 Å². The average Bonchev–Trinajstić information content (AvgIpc) is 3.68. The van der Waals surface area contributed by atoms with Crippen molar-refractivity contribution in [1.82, 2.24) is 0 Å². The maximum Gasteiger partial charge on any atom is 0.472 e. The number of rotatable bonds is 69. The van der Waals surface area contributed by atoms with Crippen LogP contribution in [-0.2, 0) is 65.4 Å². The number of hydrogen-bond acceptors (Lipinski definition) is 15. The van der Waals surface area contributed by atoms with Gasteiger partial charge in [0.15, 0.2) is 12.2 Å². The van der Waals surface area contributed by atoms with Crippen LogP contribution in [0.3, 0.4) is 0 Å². The van der Waals surface area contributed by atoms with Crippen LogP contribution in [0.15, 0.2) is 0 Å². The van der Waals surface area contributed by atoms with Crippen molar-refractivity contribution in [3.63, 3.8) is 0 Å². The van der Waals surface area contributed by atoms with Crippen LogP contribution in [0.25, 0.3) is 0 Å². The summed E-state index contributed by atoms with van der Waals surface area (Å²) in [5, 5.41) is 10.6. The molecule has 0 aliphatic heterocycles. The van der Waals surface area contributed by atoms with Gasteiger partial charge in [0.2, 0.25) is 0 Å². The standard InChI is InChI=1S/C70H136O17P2/c1-7-9-11-13-15-17-18-19-20-23-29-35-41-47-53-68(73)81-59-66(86-69(74)54-48-42-36-30-24-21-22-27-32-38-44-50-62(3)4)61-85-89(78,79)83-57-64(71)56-82-88(76,77)84-60-65(58-80-67(72)52-46-40-34-26-16-14-12-10-8-2)87-70(75)55-49-43-37-31-25-28-33-39-45-51-63(5)6/h62-66,71H,7-61H2,1-6H3,(H,76,77)(H,78,79)/t64-,65+,66+/m0/s1. The number of carbonyl (C=O) groups excluding carboxylic acids is 4. The highest BCUT2D eigenvalue weighted by Gasteiger charge is 2.30. The van der Waals surface area contributed by atoms with Gasteiger partial charge in [0.25, 0.3) is 0 Å². The molecule has 0 bridgehead atoms. The number of aliphatic hydroxyl groups is 1. The van der Waals surface area contributed by atoms with Crippen molar-refractivity contribution >= 4 is 39.5 Å². The maximum absolute atomic E-state index is 13.0. The molecule has 0 radical (unpaired) electrons. The van der Waals surface area contributed by atoms with Crippen molar-refractivity contribution < 1.29 is 80.2 Å². The lowest BCUT2D eigenvalue weighted by Crippen LogP contribution is -2.30. The third-order valence-electron chi connectivity index (χ3n) is 16.2. The normalized spacial score (nSPS) is 14.1. The molecule has 528 valence electrons. The fourth-order valence-electron chi connectivity index (χ4n) is 10.6. The van der Waals surface area contributed by atoms with E-state index in [2.05, 4.69) is 41.5 Å². The molecule has 0 spiro atoms. The van der Waals surface area contributed by atoms with Gasteiger partial charge in [0, 0.05) is 25.7 Å². The van der Waals surface area contributed by atoms with Gasteiger partial charge in [0.05, 0.1) is 26.4 Å². The van der Waals surface area contributed by atoms with E-state index < -0.39 is 97.5 Å². The van der Waals surface area contributed by atoms with Gasteiger partial charge in [-0.1, -0.05) is 305 Å². The van der Waals surface area contributed by atoms with Gasteiger partial charge in [0.1, 0.15) is 19.3 Å². The summed E-state index contributed by atoms with van der Waals surface area (Å²) in [5.74, 6) is -0.622. The second-order valence-corrected chi connectivity index (χ2v) is 29.1. The number of ether oxygens (including phenoxy) is 4. The molecule has 19 heteroatoms. The minimum atomic E-state index is -4.95. The van der Waals surface area contributed by atoms with Crippen LogP contribution < -0.4 is 0 Å². The average molecular weight is 1310 g/mol. The molecule has 0 amide bonds. The lowest BCUT2D eigenvalue weighted by molar-refractivity contribution is -0.161. The highest BCUT2D eigenvalue weighted by molar-refractivity contribution is 7.47. The predicted molar refractivity (Wildman–Crippen MR) is 358 cm³/mol. The molecule has 0 aromatic carbocycles. The fraction of sp³-hybridized carbons (Fsp3) is 0.943. The summed E-state index contributed by atoms with van der Waals surface area (Å²) in [6.07, 6.45) is 47.1. The smallest absolute Gasteiger partial charge is 0.462 e. The second-order valence-electron chi connectivity index (χ2n) is 26.2. The van der Waals surface area contributed by atoms with E-state index in [4.69, 9.17) is 37.0 Å². The van der Waals surface area contributed by atoms with E-state index in [-0.39, 0.29) is 25.7 Å². The van der Waals surface area contributed by atoms with Crippen molar-refractivity contribution in [2.75, 3.05) is 39.6 Å². The summed E-state index contributed by atoms with van der Waals surface area (Å²) in [4.78, 5) is 72.5. The number of esters is 4. The Morgan fingerprint density at radius 3 is 0.764 bits per heavy atom. The van der Waals surface area contributed by atoms with Gasteiger partial charge in [-0.2, -0.15) is 0 Å². The molecular weight excluding hydrogens is 1170 g/mol. The minimum absolute atomic E-state index is 0.105. The molecule has 0 saturated carbocycles. The second kappa shape index (κ2) is 62.2. The molecule has 0 aliphatic rings. The zero-order chi connectivity index (χ0) is 65.7. The van der Waals surface area contributed by atoms with Crippen molar-refractivity contribution in [3.05, 3.63) is 0 Å². The Morgan fingerprint density at radius 1 is 0.303 bits per heavy atom. The molecule has 0 saturated heterocycles. The molecule has 3 N–H and O–H groups in total. The molecule has 89 heavy (non-hydrogen) atoms. The molecule has 0 heterocycles. The van der Waals surface area contributed by atoms with Gasteiger partial charge in [-0.05, 0) is 37.5 Å². The van der Waals surface area contributed by atoms with E-state index in [1.165, 1.54) is 173 Å². The zero-order valence-corrected chi connectivity index (χ0v) is 59.5. The zero-order valence-electron chi connectivity index (χ0n) is 57.7. The van der Waals surface area contributed by atoms with Gasteiger partial charge < -0.3 is 33.8 Å². The molecule has 0 aromatic rings. The summed E-state index contributed by atoms with van der Waals surface area (Å²) in [7, 11) is -9.90. The third kappa shape index (κ3) is 64.6. The number of phosphoric ester groups is 2. The number of carbonyl (C=O) groups is 4. The number of aliphatic hydroxyl groups excluding tert-OH is 1. The summed E-state index contributed by atoms with van der Waals surface area (Å²) in [6, 6.07) is 0. The van der Waals surface area contributed by atoms with E-state index in [1.807, 2.05) is 0 Å². The van der Waals surface area contributed by atoms with Crippen molar-refractivity contribution in [3.8, 4) is 0 Å². The summed E-state index contributed by atoms with van der Waals surface area (Å²) >= 11 is 0. The molecule has 17 nitrogen and oxygen atoms in total. The number of phosphoric acid groups is 2. The highest BCUT2D eigenvalue weighted by Crippen LogP contribution is 2.45. The third-order valence-corrected chi connectivity index (χ3v) is 18.1. The summed E-state index contributed by atoms with van der Waals surface area (Å²) < 4.78 is 68.3. The Kier molecular flexibility index (Phi) is 60.8. The van der Waals surface area contributed by atoms with Gasteiger partial charge >= 0.3 is 39.5 Å². The highest BCUT2D eigenvalue weighted by atomic mass is 31.2. The van der Waals surface area contributed by atoms with E-state index >= 15 is 0 Å². The van der Waals surface area contributed by atoms with Gasteiger partial charge in [-0.3, -0.25) is 37.3 Å². The topological polar surface area (TPSA) is 237 Å². The van der Waals surface area contributed by atoms with Gasteiger partial charge in [-0.15, -0.1) is 0 Å². The first-order valence-electron chi connectivity index (χ1n) is 36.5. The van der Waals surface area contributed by atoms with E-state index in [1.54, 1.807) is 0 Å². The van der Waals surface area contributed by atoms with Crippen LogP contribution in [-0.4, -0.2) is 96.7 Å². The molecule has 0 aromatic heterocycles. The van der Waals surface area contributed by atoms with Crippen molar-refractivity contribution in [1.29, 1.82) is 0 Å². The Hall–Kier alpha value is -1.94. The predicted octanol–water partition coefficient (Wildman–Crippen LogP) is 20.0. The Bertz CT molecular complexity index is 1730. The quantitative estimate of drug-likeness (QED) is 0.0222. The molecule has 0 fully saturated rings. The first-order chi connectivity index (χ1) is 42.9. The molecule has 0 rings (SSSR count). The largest absolute Gasteiger partial charge is 0.472 e. The maximum atomic E-state index is 13.0. The minimum Gasteiger partial charge on any atom is -0.462 e. The van der Waals surface area contributed by atoms with Crippen LogP contribution >= 0.6 is 15.6 Å². The van der Waals surface area contributed by atoms with E-state index in [0.29, 0.717) is 25.7 Å².